The number of methoxy groups -OCH3 is 1. The molecule has 0 saturated heterocycles. The van der Waals surface area contributed by atoms with Crippen LogP contribution in [0.4, 0.5) is 0 Å². The van der Waals surface area contributed by atoms with E-state index in [1.54, 1.807) is 25.4 Å². The van der Waals surface area contributed by atoms with Gasteiger partial charge in [-0.15, -0.1) is 0 Å². The van der Waals surface area contributed by atoms with E-state index in [-0.39, 0.29) is 0 Å². The Balaban J connectivity index is 2.11. The Bertz CT molecular complexity index is 513. The largest absolute Gasteiger partial charge is 0.481 e. The molecule has 1 heterocycles. The normalized spacial score (nSPS) is 12.2. The van der Waals surface area contributed by atoms with Gasteiger partial charge in [-0.2, -0.15) is 0 Å². The molecule has 1 N–H and O–H groups in total. The Morgan fingerprint density at radius 1 is 1.28 bits per heavy atom. The Morgan fingerprint density at radius 2 is 2.06 bits per heavy atom. The number of halogens is 1. The van der Waals surface area contributed by atoms with Crippen LogP contribution in [0.3, 0.4) is 0 Å². The van der Waals surface area contributed by atoms with Crippen LogP contribution in [0.5, 0.6) is 5.88 Å². The minimum atomic E-state index is -0.622. The molecule has 1 aromatic heterocycles. The zero-order valence-electron chi connectivity index (χ0n) is 10.0. The summed E-state index contributed by atoms with van der Waals surface area (Å²) in [6.45, 7) is 0. The minimum absolute atomic E-state index is 0.466. The Labute approximate surface area is 111 Å². The van der Waals surface area contributed by atoms with Crippen LogP contribution < -0.4 is 4.74 Å². The molecule has 94 valence electrons. The maximum Gasteiger partial charge on any atom is 0.212 e. The third-order valence-electron chi connectivity index (χ3n) is 2.72. The maximum atomic E-state index is 10.1. The third kappa shape index (κ3) is 3.00. The van der Waals surface area contributed by atoms with Crippen LogP contribution in [0.25, 0.3) is 0 Å². The second-order valence-electron chi connectivity index (χ2n) is 3.95. The average molecular weight is 264 g/mol. The summed E-state index contributed by atoms with van der Waals surface area (Å²) in [6.07, 6.45) is 1.46. The molecule has 3 nitrogen and oxygen atoms in total. The van der Waals surface area contributed by atoms with E-state index in [1.165, 1.54) is 0 Å². The van der Waals surface area contributed by atoms with E-state index in [9.17, 15) is 5.11 Å². The van der Waals surface area contributed by atoms with Gasteiger partial charge in [-0.05, 0) is 23.3 Å². The molecule has 0 aliphatic heterocycles. The first kappa shape index (κ1) is 12.9. The molecule has 0 saturated carbocycles. The van der Waals surface area contributed by atoms with Crippen LogP contribution in [-0.2, 0) is 6.42 Å². The fraction of sp³-hybridized carbons (Fsp3) is 0.214. The second kappa shape index (κ2) is 5.85. The van der Waals surface area contributed by atoms with Crippen molar-refractivity contribution in [1.29, 1.82) is 0 Å². The fourth-order valence-corrected chi connectivity index (χ4v) is 1.91. The molecule has 0 fully saturated rings. The standard InChI is InChI=1S/C14H14ClNO2/c1-18-14-7-6-11(9-16-14)13(17)8-10-4-2-3-5-12(10)15/h2-7,9,13,17H,8H2,1H3. The van der Waals surface area contributed by atoms with Gasteiger partial charge in [0.2, 0.25) is 5.88 Å². The fourth-order valence-electron chi connectivity index (χ4n) is 1.70. The molecule has 0 radical (unpaired) electrons. The van der Waals surface area contributed by atoms with Crippen molar-refractivity contribution in [3.05, 3.63) is 58.7 Å². The summed E-state index contributed by atoms with van der Waals surface area (Å²) in [6, 6.07) is 11.0. The van der Waals surface area contributed by atoms with Crippen molar-refractivity contribution < 1.29 is 9.84 Å². The summed E-state index contributed by atoms with van der Waals surface area (Å²) in [5.74, 6) is 0.531. The smallest absolute Gasteiger partial charge is 0.212 e. The van der Waals surface area contributed by atoms with Crippen LogP contribution in [0.2, 0.25) is 5.02 Å². The number of benzene rings is 1. The van der Waals surface area contributed by atoms with E-state index in [1.807, 2.05) is 24.3 Å². The predicted molar refractivity (Wildman–Crippen MR) is 70.9 cm³/mol. The second-order valence-corrected chi connectivity index (χ2v) is 4.35. The summed E-state index contributed by atoms with van der Waals surface area (Å²) >= 11 is 6.06. The molecule has 4 heteroatoms. The van der Waals surface area contributed by atoms with Gasteiger partial charge in [0.15, 0.2) is 0 Å². The molecule has 0 bridgehead atoms. The van der Waals surface area contributed by atoms with Gasteiger partial charge < -0.3 is 9.84 Å². The third-order valence-corrected chi connectivity index (χ3v) is 3.09. The summed E-state index contributed by atoms with van der Waals surface area (Å²) in [5, 5.41) is 10.8. The first-order valence-corrected chi connectivity index (χ1v) is 6.00. The molecule has 1 atom stereocenters. The zero-order valence-corrected chi connectivity index (χ0v) is 10.8. The van der Waals surface area contributed by atoms with Crippen LogP contribution in [0, 0.1) is 0 Å². The number of nitrogens with zero attached hydrogens (tertiary/aromatic N) is 1. The van der Waals surface area contributed by atoms with Gasteiger partial charge in [-0.25, -0.2) is 4.98 Å². The topological polar surface area (TPSA) is 42.4 Å². The van der Waals surface area contributed by atoms with Gasteiger partial charge in [0.1, 0.15) is 0 Å². The van der Waals surface area contributed by atoms with Crippen molar-refractivity contribution in [2.75, 3.05) is 7.11 Å². The molecule has 1 aromatic carbocycles. The molecule has 0 aliphatic rings. The van der Waals surface area contributed by atoms with Crippen molar-refractivity contribution in [1.82, 2.24) is 4.98 Å². The number of aromatic nitrogens is 1. The Morgan fingerprint density at radius 3 is 2.67 bits per heavy atom. The molecule has 0 amide bonds. The van der Waals surface area contributed by atoms with Crippen molar-refractivity contribution in [2.24, 2.45) is 0 Å². The maximum absolute atomic E-state index is 10.1. The lowest BCUT2D eigenvalue weighted by atomic mass is 10.0. The van der Waals surface area contributed by atoms with E-state index in [0.717, 1.165) is 11.1 Å². The first-order valence-electron chi connectivity index (χ1n) is 5.62. The summed E-state index contributed by atoms with van der Waals surface area (Å²) in [4.78, 5) is 4.07. The monoisotopic (exact) mass is 263 g/mol. The van der Waals surface area contributed by atoms with E-state index < -0.39 is 6.10 Å². The number of aliphatic hydroxyl groups excluding tert-OH is 1. The summed E-state index contributed by atoms with van der Waals surface area (Å²) in [5.41, 5.74) is 1.67. The molecular formula is C14H14ClNO2. The highest BCUT2D eigenvalue weighted by Gasteiger charge is 2.11. The number of ether oxygens (including phenoxy) is 1. The van der Waals surface area contributed by atoms with E-state index >= 15 is 0 Å². The molecule has 0 spiro atoms. The number of hydrogen-bond donors (Lipinski definition) is 1. The Hall–Kier alpha value is -1.58. The number of hydrogen-bond acceptors (Lipinski definition) is 3. The van der Waals surface area contributed by atoms with Gasteiger partial charge in [0.25, 0.3) is 0 Å². The molecular weight excluding hydrogens is 250 g/mol. The summed E-state index contributed by atoms with van der Waals surface area (Å²) in [7, 11) is 1.56. The molecule has 18 heavy (non-hydrogen) atoms. The van der Waals surface area contributed by atoms with Crippen molar-refractivity contribution >= 4 is 11.6 Å². The highest BCUT2D eigenvalue weighted by Crippen LogP contribution is 2.23. The quantitative estimate of drug-likeness (QED) is 0.922. The van der Waals surface area contributed by atoms with Crippen LogP contribution in [0.15, 0.2) is 42.6 Å². The van der Waals surface area contributed by atoms with Gasteiger partial charge in [-0.3, -0.25) is 0 Å². The first-order chi connectivity index (χ1) is 8.70. The lowest BCUT2D eigenvalue weighted by Gasteiger charge is -2.12. The average Bonchev–Trinajstić information content (AvgIpc) is 2.41. The lowest BCUT2D eigenvalue weighted by Crippen LogP contribution is -2.03. The van der Waals surface area contributed by atoms with E-state index in [0.29, 0.717) is 17.3 Å². The van der Waals surface area contributed by atoms with Crippen molar-refractivity contribution in [3.63, 3.8) is 0 Å². The van der Waals surface area contributed by atoms with Crippen LogP contribution in [0.1, 0.15) is 17.2 Å². The number of pyridine rings is 1. The minimum Gasteiger partial charge on any atom is -0.481 e. The van der Waals surface area contributed by atoms with Gasteiger partial charge >= 0.3 is 0 Å². The van der Waals surface area contributed by atoms with Crippen molar-refractivity contribution in [2.45, 2.75) is 12.5 Å². The van der Waals surface area contributed by atoms with Crippen LogP contribution in [-0.4, -0.2) is 17.2 Å². The molecule has 0 aliphatic carbocycles. The van der Waals surface area contributed by atoms with Crippen LogP contribution >= 0.6 is 11.6 Å². The molecule has 2 aromatic rings. The molecule has 1 unspecified atom stereocenters. The van der Waals surface area contributed by atoms with Gasteiger partial charge in [-0.1, -0.05) is 29.8 Å². The summed E-state index contributed by atoms with van der Waals surface area (Å²) < 4.78 is 4.97. The SMILES string of the molecule is COc1ccc(C(O)Cc2ccccc2Cl)cn1. The number of aliphatic hydroxyl groups is 1. The van der Waals surface area contributed by atoms with E-state index in [2.05, 4.69) is 4.98 Å². The van der Waals surface area contributed by atoms with Crippen molar-refractivity contribution in [3.8, 4) is 5.88 Å². The Kier molecular flexibility index (Phi) is 4.18. The highest BCUT2D eigenvalue weighted by molar-refractivity contribution is 6.31. The van der Waals surface area contributed by atoms with Gasteiger partial charge in [0.05, 0.1) is 13.2 Å². The highest BCUT2D eigenvalue weighted by atomic mass is 35.5. The predicted octanol–water partition coefficient (Wildman–Crippen LogP) is 3.02. The molecule has 2 rings (SSSR count). The van der Waals surface area contributed by atoms with E-state index in [4.69, 9.17) is 16.3 Å². The number of rotatable bonds is 4. The zero-order chi connectivity index (χ0) is 13.0. The lowest BCUT2D eigenvalue weighted by molar-refractivity contribution is 0.178. The van der Waals surface area contributed by atoms with Gasteiger partial charge in [0, 0.05) is 23.7 Å².